The van der Waals surface area contributed by atoms with E-state index in [1.54, 1.807) is 42.5 Å². The highest BCUT2D eigenvalue weighted by Gasteiger charge is 2.15. The van der Waals surface area contributed by atoms with Gasteiger partial charge in [0, 0.05) is 5.02 Å². The van der Waals surface area contributed by atoms with Crippen LogP contribution in [-0.4, -0.2) is 17.0 Å². The Hall–Kier alpha value is -2.11. The molecule has 1 atom stereocenters. The molecule has 0 saturated heterocycles. The number of benzene rings is 2. The van der Waals surface area contributed by atoms with Gasteiger partial charge in [-0.25, -0.2) is 4.98 Å². The Labute approximate surface area is 143 Å². The lowest BCUT2D eigenvalue weighted by Crippen LogP contribution is -2.35. The average molecular weight is 347 g/mol. The SMILES string of the molecule is CC(Oc1ccc(Cl)cc1)C(=O)NCc1nc2ccccc2s1. The summed E-state index contributed by atoms with van der Waals surface area (Å²) in [5.74, 6) is 0.427. The number of nitrogens with zero attached hydrogens (tertiary/aromatic N) is 1. The van der Waals surface area contributed by atoms with Crippen LogP contribution in [0.15, 0.2) is 48.5 Å². The van der Waals surface area contributed by atoms with Crippen molar-refractivity contribution in [1.82, 2.24) is 10.3 Å². The van der Waals surface area contributed by atoms with E-state index in [1.165, 1.54) is 0 Å². The molecule has 118 valence electrons. The van der Waals surface area contributed by atoms with E-state index in [2.05, 4.69) is 10.3 Å². The molecule has 4 nitrogen and oxygen atoms in total. The molecule has 3 rings (SSSR count). The number of amides is 1. The quantitative estimate of drug-likeness (QED) is 0.758. The molecule has 3 aromatic rings. The highest BCUT2D eigenvalue weighted by molar-refractivity contribution is 7.18. The van der Waals surface area contributed by atoms with E-state index in [4.69, 9.17) is 16.3 Å². The third-order valence-electron chi connectivity index (χ3n) is 3.25. The molecule has 1 N–H and O–H groups in total. The van der Waals surface area contributed by atoms with Crippen LogP contribution >= 0.6 is 22.9 Å². The van der Waals surface area contributed by atoms with Crippen molar-refractivity contribution in [3.63, 3.8) is 0 Å². The first-order valence-electron chi connectivity index (χ1n) is 7.16. The molecule has 0 aliphatic carbocycles. The number of carbonyl (C=O) groups is 1. The molecule has 1 unspecified atom stereocenters. The summed E-state index contributed by atoms with van der Waals surface area (Å²) in [5.41, 5.74) is 0.951. The number of para-hydroxylation sites is 1. The first-order chi connectivity index (χ1) is 11.1. The van der Waals surface area contributed by atoms with E-state index in [-0.39, 0.29) is 5.91 Å². The van der Waals surface area contributed by atoms with Gasteiger partial charge in [0.15, 0.2) is 6.10 Å². The van der Waals surface area contributed by atoms with Crippen LogP contribution in [0.1, 0.15) is 11.9 Å². The highest BCUT2D eigenvalue weighted by Crippen LogP contribution is 2.21. The molecule has 1 heterocycles. The molecule has 6 heteroatoms. The number of ether oxygens (including phenoxy) is 1. The van der Waals surface area contributed by atoms with Crippen molar-refractivity contribution >= 4 is 39.1 Å². The zero-order valence-corrected chi connectivity index (χ0v) is 14.0. The summed E-state index contributed by atoms with van der Waals surface area (Å²) in [4.78, 5) is 16.6. The molecular weight excluding hydrogens is 332 g/mol. The van der Waals surface area contributed by atoms with Crippen LogP contribution in [0.2, 0.25) is 5.02 Å². The fourth-order valence-electron chi connectivity index (χ4n) is 2.07. The van der Waals surface area contributed by atoms with E-state index in [0.29, 0.717) is 17.3 Å². The van der Waals surface area contributed by atoms with Gasteiger partial charge in [-0.05, 0) is 43.3 Å². The maximum absolute atomic E-state index is 12.1. The zero-order valence-electron chi connectivity index (χ0n) is 12.5. The number of nitrogens with one attached hydrogen (secondary N) is 1. The molecule has 1 aromatic heterocycles. The minimum atomic E-state index is -0.592. The summed E-state index contributed by atoms with van der Waals surface area (Å²) in [6.07, 6.45) is -0.592. The van der Waals surface area contributed by atoms with Crippen molar-refractivity contribution in [3.8, 4) is 5.75 Å². The summed E-state index contributed by atoms with van der Waals surface area (Å²) in [6, 6.07) is 14.8. The molecule has 0 spiro atoms. The second kappa shape index (κ2) is 6.98. The molecule has 2 aromatic carbocycles. The lowest BCUT2D eigenvalue weighted by molar-refractivity contribution is -0.127. The number of halogens is 1. The first kappa shape index (κ1) is 15.8. The number of carbonyl (C=O) groups excluding carboxylic acids is 1. The number of hydrogen-bond acceptors (Lipinski definition) is 4. The van der Waals surface area contributed by atoms with Crippen LogP contribution in [0.4, 0.5) is 0 Å². The van der Waals surface area contributed by atoms with Crippen LogP contribution in [0.3, 0.4) is 0 Å². The topological polar surface area (TPSA) is 51.2 Å². The predicted octanol–water partition coefficient (Wildman–Crippen LogP) is 4.03. The lowest BCUT2D eigenvalue weighted by atomic mass is 10.3. The highest BCUT2D eigenvalue weighted by atomic mass is 35.5. The van der Waals surface area contributed by atoms with Crippen LogP contribution < -0.4 is 10.1 Å². The zero-order chi connectivity index (χ0) is 16.2. The van der Waals surface area contributed by atoms with Gasteiger partial charge in [-0.2, -0.15) is 0 Å². The molecule has 0 aliphatic rings. The molecule has 0 aliphatic heterocycles. The summed E-state index contributed by atoms with van der Waals surface area (Å²) in [5, 5.41) is 4.35. The third kappa shape index (κ3) is 4.00. The fraction of sp³-hybridized carbons (Fsp3) is 0.176. The minimum absolute atomic E-state index is 0.181. The van der Waals surface area contributed by atoms with Gasteiger partial charge in [0.2, 0.25) is 0 Å². The summed E-state index contributed by atoms with van der Waals surface area (Å²) in [7, 11) is 0. The molecule has 0 bridgehead atoms. The van der Waals surface area contributed by atoms with E-state index in [9.17, 15) is 4.79 Å². The van der Waals surface area contributed by atoms with Gasteiger partial charge in [0.1, 0.15) is 10.8 Å². The maximum Gasteiger partial charge on any atom is 0.261 e. The number of aromatic nitrogens is 1. The Kier molecular flexibility index (Phi) is 4.79. The normalized spacial score (nSPS) is 12.1. The summed E-state index contributed by atoms with van der Waals surface area (Å²) < 4.78 is 6.70. The third-order valence-corrected chi connectivity index (χ3v) is 4.54. The van der Waals surface area contributed by atoms with Crippen molar-refractivity contribution < 1.29 is 9.53 Å². The van der Waals surface area contributed by atoms with Crippen molar-refractivity contribution in [2.45, 2.75) is 19.6 Å². The number of rotatable bonds is 5. The van der Waals surface area contributed by atoms with Crippen molar-refractivity contribution in [2.24, 2.45) is 0 Å². The average Bonchev–Trinajstić information content (AvgIpc) is 2.97. The van der Waals surface area contributed by atoms with Gasteiger partial charge in [0.05, 0.1) is 16.8 Å². The number of hydrogen-bond donors (Lipinski definition) is 1. The summed E-state index contributed by atoms with van der Waals surface area (Å²) >= 11 is 7.40. The van der Waals surface area contributed by atoms with Gasteiger partial charge >= 0.3 is 0 Å². The molecule has 1 amide bonds. The van der Waals surface area contributed by atoms with Gasteiger partial charge in [-0.1, -0.05) is 23.7 Å². The fourth-order valence-corrected chi connectivity index (χ4v) is 3.11. The van der Waals surface area contributed by atoms with Crippen molar-refractivity contribution in [1.29, 1.82) is 0 Å². The van der Waals surface area contributed by atoms with Gasteiger partial charge in [-0.3, -0.25) is 4.79 Å². The Morgan fingerprint density at radius 3 is 2.74 bits per heavy atom. The predicted molar refractivity (Wildman–Crippen MR) is 93.0 cm³/mol. The second-order valence-electron chi connectivity index (χ2n) is 5.01. The lowest BCUT2D eigenvalue weighted by Gasteiger charge is -2.14. The van der Waals surface area contributed by atoms with Crippen LogP contribution in [0, 0.1) is 0 Å². The molecular formula is C17H15ClN2O2S. The van der Waals surface area contributed by atoms with E-state index in [1.807, 2.05) is 24.3 Å². The molecule has 0 saturated carbocycles. The molecule has 23 heavy (non-hydrogen) atoms. The molecule has 0 radical (unpaired) electrons. The minimum Gasteiger partial charge on any atom is -0.481 e. The van der Waals surface area contributed by atoms with Crippen LogP contribution in [0.5, 0.6) is 5.75 Å². The monoisotopic (exact) mass is 346 g/mol. The van der Waals surface area contributed by atoms with Crippen molar-refractivity contribution in [2.75, 3.05) is 0 Å². The van der Waals surface area contributed by atoms with E-state index in [0.717, 1.165) is 15.2 Å². The maximum atomic E-state index is 12.1. The summed E-state index contributed by atoms with van der Waals surface area (Å²) in [6.45, 7) is 2.11. The smallest absolute Gasteiger partial charge is 0.261 e. The van der Waals surface area contributed by atoms with Gasteiger partial charge in [-0.15, -0.1) is 11.3 Å². The largest absolute Gasteiger partial charge is 0.481 e. The second-order valence-corrected chi connectivity index (χ2v) is 6.56. The van der Waals surface area contributed by atoms with E-state index < -0.39 is 6.10 Å². The standard InChI is InChI=1S/C17H15ClN2O2S/c1-11(22-13-8-6-12(18)7-9-13)17(21)19-10-16-20-14-4-2-3-5-15(14)23-16/h2-9,11H,10H2,1H3,(H,19,21). The van der Waals surface area contributed by atoms with E-state index >= 15 is 0 Å². The number of fused-ring (bicyclic) bond motifs is 1. The Bertz CT molecular complexity index is 784. The van der Waals surface area contributed by atoms with Crippen LogP contribution in [-0.2, 0) is 11.3 Å². The van der Waals surface area contributed by atoms with Gasteiger partial charge < -0.3 is 10.1 Å². The van der Waals surface area contributed by atoms with Gasteiger partial charge in [0.25, 0.3) is 5.91 Å². The first-order valence-corrected chi connectivity index (χ1v) is 8.35. The molecule has 0 fully saturated rings. The van der Waals surface area contributed by atoms with Crippen molar-refractivity contribution in [3.05, 3.63) is 58.6 Å². The Morgan fingerprint density at radius 1 is 1.26 bits per heavy atom. The Morgan fingerprint density at radius 2 is 2.00 bits per heavy atom. The number of thiazole rings is 1. The Balaban J connectivity index is 1.56. The van der Waals surface area contributed by atoms with Crippen LogP contribution in [0.25, 0.3) is 10.2 Å².